The molecule has 6 heavy (non-hydrogen) atoms. The molecular formula is H7NiO5. The number of rotatable bonds is 0. The third kappa shape index (κ3) is 2280. The quantitative estimate of drug-likeness (QED) is 0.361. The zero-order valence-electron chi connectivity index (χ0n) is 2.67. The van der Waals surface area contributed by atoms with Crippen molar-refractivity contribution in [2.75, 3.05) is 0 Å². The predicted molar refractivity (Wildman–Crippen MR) is 13.7 cm³/mol. The Bertz CT molecular complexity index is 11.4. The molecule has 0 aliphatic heterocycles. The number of hydrogen-bond donors (Lipinski definition) is 1. The third-order valence-corrected chi connectivity index (χ3v) is 0. The van der Waals surface area contributed by atoms with E-state index in [-0.39, 0.29) is 16.4 Å². The minimum absolute atomic E-state index is 0. The molecule has 47 valence electrons. The fraction of sp³-hybridized carbons (Fsp3) is 0. The van der Waals surface area contributed by atoms with Crippen LogP contribution in [-0.4, -0.2) is 20.7 Å². The van der Waals surface area contributed by atoms with Gasteiger partial charge in [-0.25, -0.2) is 0 Å². The third-order valence-electron chi connectivity index (χ3n) is 0. The molecule has 0 aliphatic rings. The van der Waals surface area contributed by atoms with E-state index in [9.17, 15) is 0 Å². The Morgan fingerprint density at radius 1 is 1.17 bits per heavy atom. The van der Waals surface area contributed by atoms with Gasteiger partial charge in [0.05, 0.1) is 0 Å². The van der Waals surface area contributed by atoms with Gasteiger partial charge in [0.1, 0.15) is 0 Å². The summed E-state index contributed by atoms with van der Waals surface area (Å²) in [6.07, 6.45) is 0. The van der Waals surface area contributed by atoms with Crippen molar-refractivity contribution in [2.24, 2.45) is 0 Å². The van der Waals surface area contributed by atoms with E-state index in [2.05, 4.69) is 0 Å². The summed E-state index contributed by atoms with van der Waals surface area (Å²) in [6, 6.07) is 0. The van der Waals surface area contributed by atoms with E-state index in [0.29, 0.717) is 0 Å². The molecule has 0 atom stereocenters. The van der Waals surface area contributed by atoms with Gasteiger partial charge in [-0.3, -0.25) is 0 Å². The van der Waals surface area contributed by atoms with Gasteiger partial charge in [0.25, 0.3) is 0 Å². The number of hydrogen-bond acceptors (Lipinski definition) is 1. The summed E-state index contributed by atoms with van der Waals surface area (Å²) in [5, 5.41) is 0. The van der Waals surface area contributed by atoms with Crippen LogP contribution in [0.25, 0.3) is 0 Å². The topological polar surface area (TPSA) is 132 Å². The molecule has 0 heterocycles. The first-order valence-electron chi connectivity index (χ1n) is 0.271. The van der Waals surface area contributed by atoms with Crippen molar-refractivity contribution < 1.29 is 39.3 Å². The van der Waals surface area contributed by atoms with Crippen molar-refractivity contribution in [1.82, 2.24) is 0 Å². The second-order valence-corrected chi connectivity index (χ2v) is 0.238. The Kier molecular flexibility index (Phi) is 404. The van der Waals surface area contributed by atoms with Crippen LogP contribution in [0.4, 0.5) is 0 Å². The molecule has 0 aromatic heterocycles. The summed E-state index contributed by atoms with van der Waals surface area (Å²) in [4.78, 5) is 0. The van der Waals surface area contributed by atoms with Crippen LogP contribution in [0.3, 0.4) is 0 Å². The second kappa shape index (κ2) is 68.3. The van der Waals surface area contributed by atoms with Crippen molar-refractivity contribution in [3.8, 4) is 0 Å². The zero-order chi connectivity index (χ0) is 2.71. The van der Waals surface area contributed by atoms with Crippen LogP contribution in [0, 0.1) is 0 Å². The molecule has 0 aromatic carbocycles. The molecular weight excluding hydrogens is 139 g/mol. The van der Waals surface area contributed by atoms with Crippen LogP contribution >= 0.6 is 0 Å². The molecule has 6 heteroatoms. The molecule has 7 N–H and O–H groups in total. The standard InChI is InChI=1S/Ni.4H2O.O/h;4*1H2;/q+1;;;;;/p-1. The maximum atomic E-state index is 8.42. The Morgan fingerprint density at radius 3 is 1.17 bits per heavy atom. The van der Waals surface area contributed by atoms with Crippen LogP contribution in [0.2, 0.25) is 0 Å². The molecule has 0 aromatic rings. The molecule has 0 fully saturated rings. The first kappa shape index (κ1) is 35.5. The van der Waals surface area contributed by atoms with E-state index in [0.717, 1.165) is 0 Å². The van der Waals surface area contributed by atoms with Crippen LogP contribution in [0.15, 0.2) is 0 Å². The Morgan fingerprint density at radius 2 is 1.17 bits per heavy atom. The van der Waals surface area contributed by atoms with E-state index in [4.69, 9.17) is 8.15 Å². The molecule has 0 radical (unpaired) electrons. The average Bonchev–Trinajstić information content (AvgIpc) is 0.918. The summed E-state index contributed by atoms with van der Waals surface area (Å²) in [5.74, 6) is 0. The van der Waals surface area contributed by atoms with Gasteiger partial charge in [-0.1, -0.05) is 0 Å². The van der Waals surface area contributed by atoms with E-state index < -0.39 is 14.7 Å². The van der Waals surface area contributed by atoms with E-state index in [1.54, 1.807) is 0 Å². The van der Waals surface area contributed by atoms with Crippen molar-refractivity contribution in [3.05, 3.63) is 0 Å². The monoisotopic (exact) mass is 145 g/mol. The second-order valence-electron chi connectivity index (χ2n) is 0.0577. The fourth-order valence-electron chi connectivity index (χ4n) is 0. The summed E-state index contributed by atoms with van der Waals surface area (Å²) in [6.45, 7) is 0. The van der Waals surface area contributed by atoms with Crippen molar-refractivity contribution in [1.29, 1.82) is 0 Å². The van der Waals surface area contributed by atoms with Gasteiger partial charge >= 0.3 is 22.8 Å². The first-order valence-corrected chi connectivity index (χ1v) is 1.12. The summed E-state index contributed by atoms with van der Waals surface area (Å²) < 4.78 is 15.4. The molecule has 0 saturated heterocycles. The molecule has 5 nitrogen and oxygen atoms in total. The van der Waals surface area contributed by atoms with Gasteiger partial charge in [0, 0.05) is 0 Å². The van der Waals surface area contributed by atoms with Gasteiger partial charge in [-0.2, -0.15) is 0 Å². The zero-order valence-corrected chi connectivity index (χ0v) is 3.66. The van der Waals surface area contributed by atoms with Gasteiger partial charge < -0.3 is 16.4 Å². The SMILES string of the molecule is O.O.O.[O]=[Ni][OH]. The van der Waals surface area contributed by atoms with Gasteiger partial charge in [-0.05, 0) is 0 Å². The normalized spacial score (nSPS) is 3.50. The van der Waals surface area contributed by atoms with Crippen LogP contribution in [-0.2, 0) is 18.6 Å². The average molecular weight is 146 g/mol. The van der Waals surface area contributed by atoms with E-state index in [1.165, 1.54) is 0 Å². The Labute approximate surface area is 40.2 Å². The molecule has 0 aliphatic carbocycles. The van der Waals surface area contributed by atoms with Gasteiger partial charge in [0.2, 0.25) is 0 Å². The summed E-state index contributed by atoms with van der Waals surface area (Å²) in [7, 11) is 0. The van der Waals surface area contributed by atoms with Gasteiger partial charge in [0.15, 0.2) is 0 Å². The van der Waals surface area contributed by atoms with E-state index >= 15 is 0 Å². The van der Waals surface area contributed by atoms with Crippen LogP contribution in [0.1, 0.15) is 0 Å². The minimum atomic E-state index is -0.625. The Balaban J connectivity index is -0.00000000667. The first-order chi connectivity index (χ1) is 1.41. The Hall–Kier alpha value is 0.134. The van der Waals surface area contributed by atoms with Crippen LogP contribution < -0.4 is 0 Å². The predicted octanol–water partition coefficient (Wildman–Crippen LogP) is -3.15. The van der Waals surface area contributed by atoms with Gasteiger partial charge in [-0.15, -0.1) is 0 Å². The molecule has 0 amide bonds. The van der Waals surface area contributed by atoms with E-state index in [1.807, 2.05) is 0 Å². The molecule has 0 unspecified atom stereocenters. The molecule has 0 bridgehead atoms. The summed E-state index contributed by atoms with van der Waals surface area (Å²) >= 11 is -0.625. The fourth-order valence-corrected chi connectivity index (χ4v) is 0. The van der Waals surface area contributed by atoms with Crippen LogP contribution in [0.5, 0.6) is 0 Å². The van der Waals surface area contributed by atoms with Crippen molar-refractivity contribution in [2.45, 2.75) is 0 Å². The molecule has 0 rings (SSSR count). The van der Waals surface area contributed by atoms with Crippen molar-refractivity contribution >= 4 is 0 Å². The molecule has 0 saturated carbocycles. The van der Waals surface area contributed by atoms with Crippen molar-refractivity contribution in [3.63, 3.8) is 0 Å². The molecule has 0 spiro atoms. The summed E-state index contributed by atoms with van der Waals surface area (Å²) in [5.41, 5.74) is 0. The maximum absolute atomic E-state index is 8.42.